The average Bonchev–Trinajstić information content (AvgIpc) is 2.59. The summed E-state index contributed by atoms with van der Waals surface area (Å²) in [5.41, 5.74) is 0. The maximum absolute atomic E-state index is 4.06. The SMILES string of the molecule is c1cn(-c2ccsn2)nn1. The second kappa shape index (κ2) is 2.18. The summed E-state index contributed by atoms with van der Waals surface area (Å²) in [5.74, 6) is 0.822. The molecule has 2 aromatic rings. The molecule has 0 saturated heterocycles. The molecule has 0 amide bonds. The molecule has 0 bridgehead atoms. The maximum Gasteiger partial charge on any atom is 0.168 e. The van der Waals surface area contributed by atoms with E-state index < -0.39 is 0 Å². The molecule has 0 N–H and O–H groups in total. The van der Waals surface area contributed by atoms with Gasteiger partial charge in [-0.25, -0.2) is 4.68 Å². The molecule has 4 nitrogen and oxygen atoms in total. The third-order valence-electron chi connectivity index (χ3n) is 1.08. The number of aromatic nitrogens is 4. The Kier molecular flexibility index (Phi) is 1.21. The van der Waals surface area contributed by atoms with Gasteiger partial charge in [-0.05, 0) is 17.6 Å². The molecule has 50 valence electrons. The highest BCUT2D eigenvalue weighted by Gasteiger charge is 1.95. The first-order valence-electron chi connectivity index (χ1n) is 2.74. The summed E-state index contributed by atoms with van der Waals surface area (Å²) >= 11 is 1.40. The van der Waals surface area contributed by atoms with Gasteiger partial charge in [0.1, 0.15) is 0 Å². The van der Waals surface area contributed by atoms with Crippen molar-refractivity contribution in [2.24, 2.45) is 0 Å². The van der Waals surface area contributed by atoms with Gasteiger partial charge in [0, 0.05) is 5.38 Å². The van der Waals surface area contributed by atoms with Gasteiger partial charge in [0.2, 0.25) is 0 Å². The van der Waals surface area contributed by atoms with E-state index in [4.69, 9.17) is 0 Å². The fourth-order valence-corrected chi connectivity index (χ4v) is 1.15. The molecule has 2 rings (SSSR count). The van der Waals surface area contributed by atoms with Gasteiger partial charge in [-0.2, -0.15) is 4.37 Å². The van der Waals surface area contributed by atoms with Gasteiger partial charge in [-0.15, -0.1) is 5.10 Å². The number of nitrogens with zero attached hydrogens (tertiary/aromatic N) is 4. The monoisotopic (exact) mass is 152 g/mol. The number of hydrogen-bond donors (Lipinski definition) is 0. The van der Waals surface area contributed by atoms with E-state index in [0.29, 0.717) is 0 Å². The normalized spacial score (nSPS) is 10.0. The Balaban J connectivity index is 2.48. The average molecular weight is 152 g/mol. The molecule has 0 aliphatic heterocycles. The van der Waals surface area contributed by atoms with E-state index >= 15 is 0 Å². The van der Waals surface area contributed by atoms with Crippen LogP contribution in [0.4, 0.5) is 0 Å². The van der Waals surface area contributed by atoms with Gasteiger partial charge in [-0.1, -0.05) is 5.21 Å². The van der Waals surface area contributed by atoms with Gasteiger partial charge < -0.3 is 0 Å². The third kappa shape index (κ3) is 0.801. The largest absolute Gasteiger partial charge is 0.201 e. The molecule has 0 aliphatic rings. The molecular weight excluding hydrogens is 148 g/mol. The lowest BCUT2D eigenvalue weighted by Gasteiger charge is -1.88. The van der Waals surface area contributed by atoms with Crippen LogP contribution >= 0.6 is 11.5 Å². The fraction of sp³-hybridized carbons (Fsp3) is 0. The van der Waals surface area contributed by atoms with Crippen molar-refractivity contribution in [3.8, 4) is 5.82 Å². The van der Waals surface area contributed by atoms with Crippen LogP contribution in [0.5, 0.6) is 0 Å². The molecule has 0 radical (unpaired) electrons. The molecule has 0 aromatic carbocycles. The molecule has 2 aromatic heterocycles. The standard InChI is InChI=1S/C5H4N4S/c1-4-10-7-5(1)9-3-2-6-8-9/h1-4H. The molecule has 0 atom stereocenters. The Hall–Kier alpha value is -1.23. The van der Waals surface area contributed by atoms with Crippen LogP contribution in [0, 0.1) is 0 Å². The predicted octanol–water partition coefficient (Wildman–Crippen LogP) is 0.724. The zero-order valence-electron chi connectivity index (χ0n) is 5.01. The summed E-state index contributed by atoms with van der Waals surface area (Å²) in [5, 5.41) is 9.33. The van der Waals surface area contributed by atoms with Crippen molar-refractivity contribution in [2.75, 3.05) is 0 Å². The molecular formula is C5H4N4S. The highest BCUT2D eigenvalue weighted by molar-refractivity contribution is 7.03. The Morgan fingerprint density at radius 1 is 1.50 bits per heavy atom. The zero-order valence-corrected chi connectivity index (χ0v) is 5.82. The molecule has 0 saturated carbocycles. The van der Waals surface area contributed by atoms with E-state index in [1.165, 1.54) is 11.5 Å². The van der Waals surface area contributed by atoms with Crippen LogP contribution in [-0.2, 0) is 0 Å². The van der Waals surface area contributed by atoms with Gasteiger partial charge >= 0.3 is 0 Å². The van der Waals surface area contributed by atoms with Gasteiger partial charge in [0.05, 0.1) is 12.4 Å². The number of rotatable bonds is 1. The van der Waals surface area contributed by atoms with E-state index in [2.05, 4.69) is 14.7 Å². The van der Waals surface area contributed by atoms with E-state index in [9.17, 15) is 0 Å². The quantitative estimate of drug-likeness (QED) is 0.604. The molecule has 0 aliphatic carbocycles. The van der Waals surface area contributed by atoms with Crippen molar-refractivity contribution in [1.29, 1.82) is 0 Å². The first-order chi connectivity index (χ1) is 4.97. The van der Waals surface area contributed by atoms with Crippen molar-refractivity contribution < 1.29 is 0 Å². The van der Waals surface area contributed by atoms with Crippen LogP contribution in [-0.4, -0.2) is 19.4 Å². The van der Waals surface area contributed by atoms with E-state index in [-0.39, 0.29) is 0 Å². The minimum Gasteiger partial charge on any atom is -0.201 e. The van der Waals surface area contributed by atoms with Crippen LogP contribution < -0.4 is 0 Å². The summed E-state index contributed by atoms with van der Waals surface area (Å²) in [7, 11) is 0. The van der Waals surface area contributed by atoms with E-state index in [1.807, 2.05) is 11.4 Å². The van der Waals surface area contributed by atoms with Gasteiger partial charge in [0.25, 0.3) is 0 Å². The van der Waals surface area contributed by atoms with Crippen molar-refractivity contribution in [3.63, 3.8) is 0 Å². The van der Waals surface area contributed by atoms with Crippen molar-refractivity contribution >= 4 is 11.5 Å². The van der Waals surface area contributed by atoms with Crippen molar-refractivity contribution in [3.05, 3.63) is 23.8 Å². The molecule has 10 heavy (non-hydrogen) atoms. The molecule has 5 heteroatoms. The summed E-state index contributed by atoms with van der Waals surface area (Å²) < 4.78 is 5.68. The highest BCUT2D eigenvalue weighted by Crippen LogP contribution is 2.03. The van der Waals surface area contributed by atoms with Gasteiger partial charge in [-0.3, -0.25) is 0 Å². The lowest BCUT2D eigenvalue weighted by atomic mass is 10.6. The van der Waals surface area contributed by atoms with E-state index in [0.717, 1.165) is 5.82 Å². The topological polar surface area (TPSA) is 43.6 Å². The van der Waals surface area contributed by atoms with Gasteiger partial charge in [0.15, 0.2) is 5.82 Å². The molecule has 2 heterocycles. The van der Waals surface area contributed by atoms with Crippen LogP contribution in [0.2, 0.25) is 0 Å². The van der Waals surface area contributed by atoms with Crippen molar-refractivity contribution in [1.82, 2.24) is 19.4 Å². The van der Waals surface area contributed by atoms with Crippen LogP contribution in [0.3, 0.4) is 0 Å². The Morgan fingerprint density at radius 2 is 2.50 bits per heavy atom. The first-order valence-corrected chi connectivity index (χ1v) is 3.57. The molecule has 0 fully saturated rings. The molecule has 0 spiro atoms. The Labute approximate surface area is 61.3 Å². The second-order valence-electron chi connectivity index (χ2n) is 1.71. The smallest absolute Gasteiger partial charge is 0.168 e. The van der Waals surface area contributed by atoms with E-state index in [1.54, 1.807) is 17.1 Å². The summed E-state index contributed by atoms with van der Waals surface area (Å²) in [4.78, 5) is 0. The fourth-order valence-electron chi connectivity index (χ4n) is 0.655. The zero-order chi connectivity index (χ0) is 6.81. The molecule has 0 unspecified atom stereocenters. The second-order valence-corrected chi connectivity index (χ2v) is 2.37. The third-order valence-corrected chi connectivity index (χ3v) is 1.63. The highest BCUT2D eigenvalue weighted by atomic mass is 32.1. The predicted molar refractivity (Wildman–Crippen MR) is 37.0 cm³/mol. The minimum atomic E-state index is 0.822. The van der Waals surface area contributed by atoms with Crippen molar-refractivity contribution in [2.45, 2.75) is 0 Å². The maximum atomic E-state index is 4.06. The lowest BCUT2D eigenvalue weighted by Crippen LogP contribution is -1.93. The summed E-state index contributed by atoms with van der Waals surface area (Å²) in [6, 6.07) is 1.89. The van der Waals surface area contributed by atoms with Crippen LogP contribution in [0.25, 0.3) is 5.82 Å². The van der Waals surface area contributed by atoms with Crippen LogP contribution in [0.1, 0.15) is 0 Å². The Morgan fingerprint density at radius 3 is 3.10 bits per heavy atom. The van der Waals surface area contributed by atoms with Crippen LogP contribution in [0.15, 0.2) is 23.8 Å². The lowest BCUT2D eigenvalue weighted by molar-refractivity contribution is 0.790. The Bertz CT molecular complexity index is 253. The number of hydrogen-bond acceptors (Lipinski definition) is 4. The first kappa shape index (κ1) is 5.55. The summed E-state index contributed by atoms with van der Waals surface area (Å²) in [6.07, 6.45) is 3.38. The minimum absolute atomic E-state index is 0.822. The summed E-state index contributed by atoms with van der Waals surface area (Å²) in [6.45, 7) is 0.